The molecule has 9 atom stereocenters. The van der Waals surface area contributed by atoms with E-state index < -0.39 is 144 Å². The number of fused-ring (bicyclic) bond motifs is 1. The van der Waals surface area contributed by atoms with Crippen molar-refractivity contribution in [1.82, 2.24) is 68.1 Å². The molecule has 1 aliphatic heterocycles. The molecule has 3 aromatic carbocycles. The summed E-state index contributed by atoms with van der Waals surface area (Å²) in [6.45, 7) is 1.07. The fraction of sp³-hybridized carbons (Fsp3) is 0.400. The van der Waals surface area contributed by atoms with Crippen LogP contribution in [0.15, 0.2) is 103 Å². The number of aromatic nitrogens is 3. The number of carboxylic acid groups (broad SMARTS) is 1. The maximum Gasteiger partial charge on any atom is 0.312 e. The predicted molar refractivity (Wildman–Crippen MR) is 347 cm³/mol. The first-order valence-corrected chi connectivity index (χ1v) is 32.3. The Morgan fingerprint density at radius 3 is 1.89 bits per heavy atom. The molecule has 1 fully saturated rings. The molecule has 12 amide bonds. The van der Waals surface area contributed by atoms with Crippen molar-refractivity contribution in [3.05, 3.63) is 120 Å². The molecule has 9 unspecified atom stereocenters. The van der Waals surface area contributed by atoms with Crippen LogP contribution < -0.4 is 76.1 Å². The third kappa shape index (κ3) is 24.0. The lowest BCUT2D eigenvalue weighted by Crippen LogP contribution is -2.61. The number of aromatic amines is 2. The van der Waals surface area contributed by atoms with Gasteiger partial charge in [-0.2, -0.15) is 0 Å². The van der Waals surface area contributed by atoms with Crippen LogP contribution in [0.25, 0.3) is 10.9 Å². The Bertz CT molecular complexity index is 3480. The zero-order valence-corrected chi connectivity index (χ0v) is 52.8. The number of amides is 12. The number of phenols is 1. The van der Waals surface area contributed by atoms with E-state index in [1.54, 1.807) is 60.8 Å². The van der Waals surface area contributed by atoms with Crippen LogP contribution in [-0.2, 0) is 78.4 Å². The Kier molecular flexibility index (Phi) is 28.3. The van der Waals surface area contributed by atoms with Crippen molar-refractivity contribution in [3.63, 3.8) is 0 Å². The SMILES string of the molecule is CC(=O)NC(Cc1ccc(O)cc1)C(=O)NC(CCCNC(N)=O)C(=O)NC1CSSCC(C(N)=O)NC(=O)C(Cc2c[nH]c3ccccc23)NC(=O)C(CCCN=C(N)N)NC(=O)C(Cc2ccccc2)NC(=O)C(Cc2cnc[nH]2)NC(=O)C(CCC(=O)O)NC1=O. The number of imidazole rings is 1. The van der Waals surface area contributed by atoms with Gasteiger partial charge < -0.3 is 96.3 Å². The van der Waals surface area contributed by atoms with Crippen molar-refractivity contribution in [2.24, 2.45) is 27.9 Å². The van der Waals surface area contributed by atoms with Crippen LogP contribution >= 0.6 is 21.6 Å². The van der Waals surface area contributed by atoms with E-state index in [0.717, 1.165) is 28.5 Å². The summed E-state index contributed by atoms with van der Waals surface area (Å²) in [5.41, 5.74) is 25.0. The van der Waals surface area contributed by atoms with Gasteiger partial charge in [0.25, 0.3) is 0 Å². The molecule has 504 valence electrons. The minimum absolute atomic E-state index is 0.000932. The highest BCUT2D eigenvalue weighted by Crippen LogP contribution is 2.25. The maximum absolute atomic E-state index is 14.9. The molecule has 0 spiro atoms. The zero-order chi connectivity index (χ0) is 68.3. The number of carbonyl (C=O) groups is 12. The summed E-state index contributed by atoms with van der Waals surface area (Å²) in [5.74, 6) is -11.9. The smallest absolute Gasteiger partial charge is 0.312 e. The molecule has 5 aromatic rings. The Hall–Kier alpha value is -10.4. The summed E-state index contributed by atoms with van der Waals surface area (Å²) in [7, 11) is 1.75. The van der Waals surface area contributed by atoms with Crippen LogP contribution in [0.4, 0.5) is 4.79 Å². The van der Waals surface area contributed by atoms with Crippen molar-refractivity contribution in [2.45, 2.75) is 126 Å². The van der Waals surface area contributed by atoms with Crippen molar-refractivity contribution >= 4 is 110 Å². The van der Waals surface area contributed by atoms with Crippen molar-refractivity contribution in [3.8, 4) is 5.75 Å². The molecular weight excluding hydrogens is 1260 g/mol. The Balaban J connectivity index is 1.42. The molecule has 1 aliphatic rings. The van der Waals surface area contributed by atoms with E-state index in [0.29, 0.717) is 33.3 Å². The number of phenolic OH excluding ortho intramolecular Hbond substituents is 1. The van der Waals surface area contributed by atoms with Crippen LogP contribution in [0.3, 0.4) is 0 Å². The number of urea groups is 1. The fourth-order valence-corrected chi connectivity index (χ4v) is 12.2. The molecule has 1 saturated heterocycles. The highest BCUT2D eigenvalue weighted by Gasteiger charge is 2.37. The second-order valence-electron chi connectivity index (χ2n) is 21.9. The maximum atomic E-state index is 14.9. The van der Waals surface area contributed by atoms with E-state index in [-0.39, 0.29) is 81.9 Å². The molecule has 22 N–H and O–H groups in total. The average molecular weight is 1340 g/mol. The number of carboxylic acids is 1. The first-order valence-electron chi connectivity index (χ1n) is 29.8. The number of para-hydroxylation sites is 1. The van der Waals surface area contributed by atoms with E-state index in [9.17, 15) is 67.7 Å². The number of H-pyrrole nitrogens is 2. The van der Waals surface area contributed by atoms with E-state index >= 15 is 0 Å². The molecule has 32 nitrogen and oxygen atoms in total. The largest absolute Gasteiger partial charge is 0.508 e. The number of rotatable bonds is 25. The number of nitrogens with one attached hydrogen (secondary N) is 12. The number of aliphatic imine (C=N–C) groups is 1. The van der Waals surface area contributed by atoms with E-state index in [2.05, 4.69) is 73.1 Å². The quantitative estimate of drug-likeness (QED) is 0.0124. The van der Waals surface area contributed by atoms with Crippen LogP contribution in [0.1, 0.15) is 67.8 Å². The molecule has 2 aromatic heterocycles. The highest BCUT2D eigenvalue weighted by atomic mass is 33.1. The molecule has 34 heteroatoms. The van der Waals surface area contributed by atoms with Gasteiger partial charge in [0, 0.05) is 92.6 Å². The van der Waals surface area contributed by atoms with Crippen LogP contribution in [0.5, 0.6) is 5.75 Å². The molecule has 3 heterocycles. The van der Waals surface area contributed by atoms with E-state index in [1.165, 1.54) is 36.8 Å². The second-order valence-corrected chi connectivity index (χ2v) is 24.5. The standard InChI is InChI=1S/C60H78N18O14S2/c1-32(79)70-43(24-34-15-17-37(80)18-16-34)54(87)71-41(14-8-22-67-60(64)92)52(85)78-48-30-94-93-29-47(50(61)83)77-56(89)45(25-35-27-68-39-12-6-5-11-38(35)39)75-51(84)40(13-7-21-66-59(62)63)72-55(88)44(23-33-9-3-2-4-10-33)74-57(90)46(26-36-28-65-31-69-36)76-53(86)42(73-58(48)91)19-20-49(81)82/h2-6,9-12,15-18,27-28,31,40-48,68,80H,7-8,13-14,19-26,29-30H2,1H3,(H2,61,83)(H,65,69)(H,70,79)(H,71,87)(H,72,88)(H,73,91)(H,74,90)(H,75,84)(H,76,86)(H,77,89)(H,78,85)(H,81,82)(H4,62,63,66)(H3,64,67,92). The highest BCUT2D eigenvalue weighted by molar-refractivity contribution is 8.76. The fourth-order valence-electron chi connectivity index (χ4n) is 9.82. The molecular formula is C60H78N18O14S2. The summed E-state index contributed by atoms with van der Waals surface area (Å²) in [5, 5.41) is 46.5. The molecule has 94 heavy (non-hydrogen) atoms. The first kappa shape index (κ1) is 72.7. The van der Waals surface area contributed by atoms with Gasteiger partial charge in [0.1, 0.15) is 60.1 Å². The molecule has 6 rings (SSSR count). The van der Waals surface area contributed by atoms with Gasteiger partial charge in [-0.25, -0.2) is 9.78 Å². The number of hydrogen-bond acceptors (Lipinski definition) is 17. The average Bonchev–Trinajstić information content (AvgIpc) is 1.65. The lowest BCUT2D eigenvalue weighted by Gasteiger charge is -2.28. The minimum Gasteiger partial charge on any atom is -0.508 e. The zero-order valence-electron chi connectivity index (χ0n) is 51.1. The molecule has 0 aliphatic carbocycles. The number of aliphatic carboxylic acids is 1. The number of aromatic hydroxyl groups is 1. The van der Waals surface area contributed by atoms with Crippen LogP contribution in [-0.4, -0.2) is 181 Å². The predicted octanol–water partition coefficient (Wildman–Crippen LogP) is -2.50. The Morgan fingerprint density at radius 2 is 1.26 bits per heavy atom. The van der Waals surface area contributed by atoms with Gasteiger partial charge >= 0.3 is 12.0 Å². The normalized spacial score (nSPS) is 20.2. The van der Waals surface area contributed by atoms with Crippen molar-refractivity contribution in [2.75, 3.05) is 24.6 Å². The number of guanidine groups is 1. The number of nitrogens with zero attached hydrogens (tertiary/aromatic N) is 2. The van der Waals surface area contributed by atoms with Gasteiger partial charge in [0.15, 0.2) is 5.96 Å². The summed E-state index contributed by atoms with van der Waals surface area (Å²) >= 11 is 0. The van der Waals surface area contributed by atoms with E-state index in [1.807, 2.05) is 0 Å². The Labute approximate surface area is 546 Å². The van der Waals surface area contributed by atoms with Gasteiger partial charge in [0.05, 0.1) is 6.33 Å². The van der Waals surface area contributed by atoms with Crippen molar-refractivity contribution in [1.29, 1.82) is 0 Å². The van der Waals surface area contributed by atoms with Gasteiger partial charge in [0.2, 0.25) is 59.1 Å². The minimum atomic E-state index is -1.78. The second kappa shape index (κ2) is 36.6. The number of primary amides is 2. The third-order valence-electron chi connectivity index (χ3n) is 14.6. The number of nitrogens with two attached hydrogens (primary N) is 4. The topological polar surface area (TPSA) is 527 Å². The molecule has 0 radical (unpaired) electrons. The molecule has 0 saturated carbocycles. The van der Waals surface area contributed by atoms with Gasteiger partial charge in [-0.3, -0.25) is 57.7 Å². The number of hydrogen-bond donors (Lipinski definition) is 18. The van der Waals surface area contributed by atoms with Gasteiger partial charge in [-0.15, -0.1) is 0 Å². The number of carbonyl (C=O) groups excluding carboxylic acids is 11. The molecule has 0 bridgehead atoms. The first-order chi connectivity index (χ1) is 44.9. The third-order valence-corrected chi connectivity index (χ3v) is 17.1. The summed E-state index contributed by atoms with van der Waals surface area (Å²) in [4.78, 5) is 181. The van der Waals surface area contributed by atoms with E-state index in [4.69, 9.17) is 22.9 Å². The van der Waals surface area contributed by atoms with Gasteiger partial charge in [-0.05, 0) is 67.0 Å². The monoisotopic (exact) mass is 1340 g/mol. The summed E-state index contributed by atoms with van der Waals surface area (Å²) in [6.07, 6.45) is 1.88. The lowest BCUT2D eigenvalue weighted by molar-refractivity contribution is -0.138. The van der Waals surface area contributed by atoms with Crippen LogP contribution in [0.2, 0.25) is 0 Å². The summed E-state index contributed by atoms with van der Waals surface area (Å²) < 4.78 is 0. The van der Waals surface area contributed by atoms with Crippen LogP contribution in [0, 0.1) is 0 Å². The van der Waals surface area contributed by atoms with Gasteiger partial charge in [-0.1, -0.05) is 82.3 Å². The number of benzene rings is 3. The Morgan fingerprint density at radius 1 is 0.649 bits per heavy atom. The van der Waals surface area contributed by atoms with Crippen molar-refractivity contribution < 1.29 is 67.7 Å². The summed E-state index contributed by atoms with van der Waals surface area (Å²) in [6, 6.07) is 6.57. The lowest BCUT2D eigenvalue weighted by atomic mass is 10.0.